The minimum atomic E-state index is -0.313. The molecule has 2 aliphatic rings. The Bertz CT molecular complexity index is 340. The normalized spacial score (nSPS) is 27.1. The number of amides is 2. The Morgan fingerprint density at radius 2 is 1.95 bits per heavy atom. The molecule has 0 spiro atoms. The van der Waals surface area contributed by atoms with E-state index in [-0.39, 0.29) is 23.9 Å². The SMILES string of the molecule is CCN1C(=O)CC(NC(C)CN2CCCCC2)C1=O. The van der Waals surface area contributed by atoms with Crippen molar-refractivity contribution in [2.45, 2.75) is 51.6 Å². The summed E-state index contributed by atoms with van der Waals surface area (Å²) >= 11 is 0. The van der Waals surface area contributed by atoms with Crippen molar-refractivity contribution in [1.29, 1.82) is 0 Å². The number of piperidine rings is 1. The second-order valence-electron chi connectivity index (χ2n) is 5.66. The van der Waals surface area contributed by atoms with Gasteiger partial charge in [-0.15, -0.1) is 0 Å². The molecule has 5 heteroatoms. The Labute approximate surface area is 115 Å². The van der Waals surface area contributed by atoms with Gasteiger partial charge in [-0.1, -0.05) is 6.42 Å². The van der Waals surface area contributed by atoms with Gasteiger partial charge in [0.1, 0.15) is 0 Å². The number of hydrogen-bond donors (Lipinski definition) is 1. The number of nitrogens with zero attached hydrogens (tertiary/aromatic N) is 2. The van der Waals surface area contributed by atoms with E-state index in [1.54, 1.807) is 0 Å². The lowest BCUT2D eigenvalue weighted by atomic mass is 10.1. The topological polar surface area (TPSA) is 52.7 Å². The number of carbonyl (C=O) groups is 2. The van der Waals surface area contributed by atoms with Crippen LogP contribution < -0.4 is 5.32 Å². The first kappa shape index (κ1) is 14.5. The minimum absolute atomic E-state index is 0.0461. The quantitative estimate of drug-likeness (QED) is 0.741. The average Bonchev–Trinajstić information content (AvgIpc) is 2.65. The third-order valence-corrected chi connectivity index (χ3v) is 4.03. The van der Waals surface area contributed by atoms with E-state index < -0.39 is 0 Å². The Morgan fingerprint density at radius 3 is 2.53 bits per heavy atom. The molecule has 19 heavy (non-hydrogen) atoms. The zero-order valence-electron chi connectivity index (χ0n) is 12.0. The van der Waals surface area contributed by atoms with E-state index >= 15 is 0 Å². The lowest BCUT2D eigenvalue weighted by molar-refractivity contribution is -0.138. The first-order chi connectivity index (χ1) is 9.11. The first-order valence-corrected chi connectivity index (χ1v) is 7.44. The number of likely N-dealkylation sites (tertiary alicyclic amines) is 2. The zero-order chi connectivity index (χ0) is 13.8. The summed E-state index contributed by atoms with van der Waals surface area (Å²) in [5.41, 5.74) is 0. The second-order valence-corrected chi connectivity index (χ2v) is 5.66. The van der Waals surface area contributed by atoms with Crippen LogP contribution in [0.3, 0.4) is 0 Å². The fraction of sp³-hybridized carbons (Fsp3) is 0.857. The number of likely N-dealkylation sites (N-methyl/N-ethyl adjacent to an activating group) is 1. The fourth-order valence-electron chi connectivity index (χ4n) is 3.07. The van der Waals surface area contributed by atoms with Gasteiger partial charge in [0.2, 0.25) is 11.8 Å². The average molecular weight is 267 g/mol. The van der Waals surface area contributed by atoms with Crippen molar-refractivity contribution in [2.24, 2.45) is 0 Å². The molecule has 2 saturated heterocycles. The molecule has 1 N–H and O–H groups in total. The molecular weight excluding hydrogens is 242 g/mol. The highest BCUT2D eigenvalue weighted by atomic mass is 16.2. The zero-order valence-corrected chi connectivity index (χ0v) is 12.0. The molecule has 2 heterocycles. The summed E-state index contributed by atoms with van der Waals surface area (Å²) in [7, 11) is 0. The van der Waals surface area contributed by atoms with Crippen LogP contribution in [0.5, 0.6) is 0 Å². The maximum absolute atomic E-state index is 12.0. The molecule has 2 amide bonds. The Morgan fingerprint density at radius 1 is 1.26 bits per heavy atom. The van der Waals surface area contributed by atoms with Crippen molar-refractivity contribution < 1.29 is 9.59 Å². The van der Waals surface area contributed by atoms with Gasteiger partial charge in [-0.25, -0.2) is 0 Å². The van der Waals surface area contributed by atoms with E-state index in [1.807, 2.05) is 6.92 Å². The van der Waals surface area contributed by atoms with Gasteiger partial charge in [-0.2, -0.15) is 0 Å². The maximum atomic E-state index is 12.0. The molecule has 0 aromatic heterocycles. The van der Waals surface area contributed by atoms with Gasteiger partial charge in [-0.3, -0.25) is 14.5 Å². The number of imide groups is 1. The molecule has 0 saturated carbocycles. The van der Waals surface area contributed by atoms with E-state index in [0.717, 1.165) is 19.6 Å². The van der Waals surface area contributed by atoms with Crippen molar-refractivity contribution in [1.82, 2.24) is 15.1 Å². The van der Waals surface area contributed by atoms with Crippen LogP contribution >= 0.6 is 0 Å². The van der Waals surface area contributed by atoms with Crippen molar-refractivity contribution in [3.05, 3.63) is 0 Å². The van der Waals surface area contributed by atoms with E-state index in [2.05, 4.69) is 17.1 Å². The number of rotatable bonds is 5. The summed E-state index contributed by atoms with van der Waals surface area (Å²) in [6.45, 7) is 7.70. The number of carbonyl (C=O) groups excluding carboxylic acids is 2. The third-order valence-electron chi connectivity index (χ3n) is 4.03. The summed E-state index contributed by atoms with van der Waals surface area (Å²) in [5.74, 6) is -0.104. The predicted molar refractivity (Wildman–Crippen MR) is 73.7 cm³/mol. The van der Waals surface area contributed by atoms with E-state index in [4.69, 9.17) is 0 Å². The predicted octanol–water partition coefficient (Wildman–Crippen LogP) is 0.598. The van der Waals surface area contributed by atoms with Gasteiger partial charge in [0, 0.05) is 19.1 Å². The highest BCUT2D eigenvalue weighted by Crippen LogP contribution is 2.14. The van der Waals surface area contributed by atoms with Crippen molar-refractivity contribution in [3.8, 4) is 0 Å². The van der Waals surface area contributed by atoms with Crippen LogP contribution in [-0.2, 0) is 9.59 Å². The van der Waals surface area contributed by atoms with Gasteiger partial charge < -0.3 is 10.2 Å². The molecule has 0 radical (unpaired) electrons. The molecule has 5 nitrogen and oxygen atoms in total. The highest BCUT2D eigenvalue weighted by Gasteiger charge is 2.37. The third kappa shape index (κ3) is 3.54. The minimum Gasteiger partial charge on any atom is -0.302 e. The summed E-state index contributed by atoms with van der Waals surface area (Å²) in [6.07, 6.45) is 4.20. The van der Waals surface area contributed by atoms with Crippen LogP contribution in [0.4, 0.5) is 0 Å². The summed E-state index contributed by atoms with van der Waals surface area (Å²) < 4.78 is 0. The van der Waals surface area contributed by atoms with Crippen molar-refractivity contribution in [2.75, 3.05) is 26.2 Å². The largest absolute Gasteiger partial charge is 0.302 e. The molecule has 0 bridgehead atoms. The Balaban J connectivity index is 1.80. The van der Waals surface area contributed by atoms with Gasteiger partial charge in [0.25, 0.3) is 0 Å². The maximum Gasteiger partial charge on any atom is 0.246 e. The smallest absolute Gasteiger partial charge is 0.246 e. The molecule has 2 fully saturated rings. The molecule has 2 rings (SSSR count). The fourth-order valence-corrected chi connectivity index (χ4v) is 3.07. The summed E-state index contributed by atoms with van der Waals surface area (Å²) in [4.78, 5) is 27.5. The molecule has 0 aliphatic carbocycles. The first-order valence-electron chi connectivity index (χ1n) is 7.44. The lowest BCUT2D eigenvalue weighted by Crippen LogP contribution is -2.48. The highest BCUT2D eigenvalue weighted by molar-refractivity contribution is 6.05. The molecule has 2 unspecified atom stereocenters. The van der Waals surface area contributed by atoms with Crippen LogP contribution in [-0.4, -0.2) is 59.9 Å². The lowest BCUT2D eigenvalue weighted by Gasteiger charge is -2.30. The number of hydrogen-bond acceptors (Lipinski definition) is 4. The van der Waals surface area contributed by atoms with Crippen LogP contribution in [0, 0.1) is 0 Å². The van der Waals surface area contributed by atoms with E-state index in [0.29, 0.717) is 13.0 Å². The van der Waals surface area contributed by atoms with Crippen LogP contribution in [0.15, 0.2) is 0 Å². The second kappa shape index (κ2) is 6.48. The Kier molecular flexibility index (Phi) is 4.93. The number of nitrogens with one attached hydrogen (secondary N) is 1. The molecule has 0 aromatic carbocycles. The summed E-state index contributed by atoms with van der Waals surface area (Å²) in [5, 5.41) is 3.32. The van der Waals surface area contributed by atoms with Gasteiger partial charge in [-0.05, 0) is 39.8 Å². The van der Waals surface area contributed by atoms with Crippen LogP contribution in [0.25, 0.3) is 0 Å². The Hall–Kier alpha value is -0.940. The molecule has 108 valence electrons. The van der Waals surface area contributed by atoms with E-state index in [1.165, 1.54) is 24.2 Å². The molecular formula is C14H25N3O2. The van der Waals surface area contributed by atoms with Gasteiger partial charge in [0.05, 0.1) is 12.5 Å². The monoisotopic (exact) mass is 267 g/mol. The van der Waals surface area contributed by atoms with Crippen molar-refractivity contribution >= 4 is 11.8 Å². The van der Waals surface area contributed by atoms with E-state index in [9.17, 15) is 9.59 Å². The van der Waals surface area contributed by atoms with Crippen LogP contribution in [0.1, 0.15) is 39.5 Å². The summed E-state index contributed by atoms with van der Waals surface area (Å²) in [6, 6.07) is -0.0658. The van der Waals surface area contributed by atoms with Gasteiger partial charge >= 0.3 is 0 Å². The standard InChI is InChI=1S/C14H25N3O2/c1-3-17-13(18)9-12(14(17)19)15-11(2)10-16-7-5-4-6-8-16/h11-12,15H,3-10H2,1-2H3. The van der Waals surface area contributed by atoms with Crippen LogP contribution in [0.2, 0.25) is 0 Å². The van der Waals surface area contributed by atoms with Crippen molar-refractivity contribution in [3.63, 3.8) is 0 Å². The van der Waals surface area contributed by atoms with Gasteiger partial charge in [0.15, 0.2) is 0 Å². The molecule has 2 aliphatic heterocycles. The molecule has 0 aromatic rings. The molecule has 2 atom stereocenters.